The SMILES string of the molecule is NC1CCCCC1NCc1cnc(Cl)s1. The van der Waals surface area contributed by atoms with E-state index in [0.717, 1.165) is 13.0 Å². The topological polar surface area (TPSA) is 50.9 Å². The Bertz CT molecular complexity index is 315. The normalized spacial score (nSPS) is 26.8. The molecule has 1 aliphatic rings. The number of rotatable bonds is 3. The number of hydrogen-bond acceptors (Lipinski definition) is 4. The minimum atomic E-state index is 0.308. The summed E-state index contributed by atoms with van der Waals surface area (Å²) >= 11 is 7.29. The molecule has 0 saturated heterocycles. The number of nitrogens with two attached hydrogens (primary N) is 1. The maximum atomic E-state index is 6.05. The second-order valence-electron chi connectivity index (χ2n) is 4.02. The fourth-order valence-electron chi connectivity index (χ4n) is 2.01. The first-order chi connectivity index (χ1) is 7.25. The Labute approximate surface area is 99.0 Å². The molecule has 0 amide bonds. The van der Waals surface area contributed by atoms with Gasteiger partial charge in [-0.1, -0.05) is 24.4 Å². The first-order valence-electron chi connectivity index (χ1n) is 5.35. The fourth-order valence-corrected chi connectivity index (χ4v) is 2.94. The summed E-state index contributed by atoms with van der Waals surface area (Å²) in [6, 6.07) is 0.766. The Morgan fingerprint density at radius 2 is 2.33 bits per heavy atom. The third-order valence-corrected chi connectivity index (χ3v) is 4.00. The quantitative estimate of drug-likeness (QED) is 0.858. The van der Waals surface area contributed by atoms with E-state index in [9.17, 15) is 0 Å². The van der Waals surface area contributed by atoms with E-state index in [1.165, 1.54) is 35.5 Å². The van der Waals surface area contributed by atoms with E-state index in [2.05, 4.69) is 10.3 Å². The molecule has 3 nitrogen and oxygen atoms in total. The van der Waals surface area contributed by atoms with Gasteiger partial charge in [0, 0.05) is 29.7 Å². The van der Waals surface area contributed by atoms with Gasteiger partial charge in [0.2, 0.25) is 0 Å². The van der Waals surface area contributed by atoms with Crippen LogP contribution in [0.5, 0.6) is 0 Å². The maximum absolute atomic E-state index is 6.05. The van der Waals surface area contributed by atoms with Gasteiger partial charge in [-0.2, -0.15) is 0 Å². The predicted octanol–water partition coefficient (Wildman–Crippen LogP) is 2.16. The van der Waals surface area contributed by atoms with E-state index in [1.54, 1.807) is 0 Å². The summed E-state index contributed by atoms with van der Waals surface area (Å²) < 4.78 is 0.611. The Morgan fingerprint density at radius 1 is 1.53 bits per heavy atom. The van der Waals surface area contributed by atoms with Crippen LogP contribution in [-0.4, -0.2) is 17.1 Å². The van der Waals surface area contributed by atoms with Crippen LogP contribution in [0.4, 0.5) is 0 Å². The minimum Gasteiger partial charge on any atom is -0.326 e. The number of aromatic nitrogens is 1. The molecule has 0 aromatic carbocycles. The average Bonchev–Trinajstić information content (AvgIpc) is 2.63. The summed E-state index contributed by atoms with van der Waals surface area (Å²) in [5.41, 5.74) is 6.05. The summed E-state index contributed by atoms with van der Waals surface area (Å²) in [5, 5.41) is 3.49. The highest BCUT2D eigenvalue weighted by molar-refractivity contribution is 7.15. The fraction of sp³-hybridized carbons (Fsp3) is 0.700. The molecule has 2 unspecified atom stereocenters. The summed E-state index contributed by atoms with van der Waals surface area (Å²) in [6.07, 6.45) is 6.71. The number of halogens is 1. The van der Waals surface area contributed by atoms with E-state index < -0.39 is 0 Å². The van der Waals surface area contributed by atoms with Gasteiger partial charge in [0.25, 0.3) is 0 Å². The second kappa shape index (κ2) is 5.25. The molecule has 0 aliphatic heterocycles. The van der Waals surface area contributed by atoms with Gasteiger partial charge in [0.15, 0.2) is 4.47 Å². The van der Waals surface area contributed by atoms with Crippen LogP contribution in [0.3, 0.4) is 0 Å². The molecule has 1 saturated carbocycles. The third-order valence-electron chi connectivity index (χ3n) is 2.88. The van der Waals surface area contributed by atoms with E-state index in [1.807, 2.05) is 6.20 Å². The van der Waals surface area contributed by atoms with Crippen molar-refractivity contribution in [3.63, 3.8) is 0 Å². The summed E-state index contributed by atoms with van der Waals surface area (Å²) in [5.74, 6) is 0. The highest BCUT2D eigenvalue weighted by atomic mass is 35.5. The molecule has 0 spiro atoms. The monoisotopic (exact) mass is 245 g/mol. The number of nitrogens with one attached hydrogen (secondary N) is 1. The van der Waals surface area contributed by atoms with Gasteiger partial charge in [-0.25, -0.2) is 4.98 Å². The van der Waals surface area contributed by atoms with Gasteiger partial charge < -0.3 is 11.1 Å². The lowest BCUT2D eigenvalue weighted by molar-refractivity contribution is 0.327. The molecule has 1 fully saturated rings. The zero-order valence-corrected chi connectivity index (χ0v) is 10.2. The summed E-state index contributed by atoms with van der Waals surface area (Å²) in [6.45, 7) is 0.836. The van der Waals surface area contributed by atoms with Crippen LogP contribution in [0.25, 0.3) is 0 Å². The molecular formula is C10H16ClN3S. The van der Waals surface area contributed by atoms with Crippen molar-refractivity contribution in [3.05, 3.63) is 15.5 Å². The van der Waals surface area contributed by atoms with Crippen LogP contribution in [0, 0.1) is 0 Å². The van der Waals surface area contributed by atoms with E-state index in [-0.39, 0.29) is 0 Å². The van der Waals surface area contributed by atoms with Crippen molar-refractivity contribution in [1.29, 1.82) is 0 Å². The Morgan fingerprint density at radius 3 is 3.00 bits per heavy atom. The first kappa shape index (κ1) is 11.3. The van der Waals surface area contributed by atoms with Gasteiger partial charge in [0.05, 0.1) is 0 Å². The van der Waals surface area contributed by atoms with Gasteiger partial charge in [0.1, 0.15) is 0 Å². The predicted molar refractivity (Wildman–Crippen MR) is 64.2 cm³/mol. The summed E-state index contributed by atoms with van der Waals surface area (Å²) in [4.78, 5) is 5.19. The van der Waals surface area contributed by atoms with Crippen LogP contribution in [0.2, 0.25) is 4.47 Å². The van der Waals surface area contributed by atoms with E-state index >= 15 is 0 Å². The van der Waals surface area contributed by atoms with Crippen molar-refractivity contribution in [2.45, 2.75) is 44.3 Å². The van der Waals surface area contributed by atoms with Gasteiger partial charge in [-0.15, -0.1) is 11.3 Å². The van der Waals surface area contributed by atoms with Crippen molar-refractivity contribution in [2.24, 2.45) is 5.73 Å². The molecule has 15 heavy (non-hydrogen) atoms. The smallest absolute Gasteiger partial charge is 0.183 e. The zero-order chi connectivity index (χ0) is 10.7. The molecule has 2 atom stereocenters. The van der Waals surface area contributed by atoms with Crippen LogP contribution < -0.4 is 11.1 Å². The van der Waals surface area contributed by atoms with E-state index in [0.29, 0.717) is 16.6 Å². The van der Waals surface area contributed by atoms with Gasteiger partial charge in [-0.05, 0) is 12.8 Å². The lowest BCUT2D eigenvalue weighted by atomic mass is 9.91. The van der Waals surface area contributed by atoms with Crippen LogP contribution in [0.15, 0.2) is 6.20 Å². The number of nitrogens with zero attached hydrogens (tertiary/aromatic N) is 1. The number of thiazole rings is 1. The molecule has 3 N–H and O–H groups in total. The van der Waals surface area contributed by atoms with Crippen molar-refractivity contribution < 1.29 is 0 Å². The van der Waals surface area contributed by atoms with Crippen LogP contribution in [0.1, 0.15) is 30.6 Å². The first-order valence-corrected chi connectivity index (χ1v) is 6.54. The highest BCUT2D eigenvalue weighted by Crippen LogP contribution is 2.20. The number of hydrogen-bond donors (Lipinski definition) is 2. The van der Waals surface area contributed by atoms with Crippen LogP contribution >= 0.6 is 22.9 Å². The molecule has 1 heterocycles. The van der Waals surface area contributed by atoms with Crippen molar-refractivity contribution in [3.8, 4) is 0 Å². The summed E-state index contributed by atoms with van der Waals surface area (Å²) in [7, 11) is 0. The standard InChI is InChI=1S/C10H16ClN3S/c11-10-14-6-7(15-10)5-13-9-4-2-1-3-8(9)12/h6,8-9,13H,1-5,12H2. The average molecular weight is 246 g/mol. The molecule has 2 rings (SSSR count). The van der Waals surface area contributed by atoms with Crippen molar-refractivity contribution in [2.75, 3.05) is 0 Å². The van der Waals surface area contributed by atoms with Crippen molar-refractivity contribution >= 4 is 22.9 Å². The molecule has 1 aliphatic carbocycles. The Hall–Kier alpha value is -0.160. The molecule has 0 bridgehead atoms. The molecule has 84 valence electrons. The lowest BCUT2D eigenvalue weighted by Crippen LogP contribution is -2.46. The molecular weight excluding hydrogens is 230 g/mol. The van der Waals surface area contributed by atoms with Gasteiger partial charge >= 0.3 is 0 Å². The largest absolute Gasteiger partial charge is 0.326 e. The minimum absolute atomic E-state index is 0.308. The highest BCUT2D eigenvalue weighted by Gasteiger charge is 2.20. The van der Waals surface area contributed by atoms with Crippen molar-refractivity contribution in [1.82, 2.24) is 10.3 Å². The lowest BCUT2D eigenvalue weighted by Gasteiger charge is -2.29. The van der Waals surface area contributed by atoms with E-state index in [4.69, 9.17) is 17.3 Å². The van der Waals surface area contributed by atoms with Crippen LogP contribution in [-0.2, 0) is 6.54 Å². The molecule has 5 heteroatoms. The molecule has 1 aromatic rings. The zero-order valence-electron chi connectivity index (χ0n) is 8.58. The maximum Gasteiger partial charge on any atom is 0.183 e. The molecule has 1 aromatic heterocycles. The second-order valence-corrected chi connectivity index (χ2v) is 5.71. The van der Waals surface area contributed by atoms with Gasteiger partial charge in [-0.3, -0.25) is 0 Å². The Balaban J connectivity index is 1.81. The molecule has 0 radical (unpaired) electrons. The third kappa shape index (κ3) is 3.14. The Kier molecular flexibility index (Phi) is 3.97.